The first-order chi connectivity index (χ1) is 19.8. The third-order valence-corrected chi connectivity index (χ3v) is 7.32. The van der Waals surface area contributed by atoms with E-state index in [0.29, 0.717) is 40.3 Å². The summed E-state index contributed by atoms with van der Waals surface area (Å²) in [6, 6.07) is 12.8. The van der Waals surface area contributed by atoms with E-state index in [1.165, 1.54) is 36.0 Å². The van der Waals surface area contributed by atoms with Crippen LogP contribution in [0, 0.1) is 12.7 Å². The van der Waals surface area contributed by atoms with Crippen molar-refractivity contribution in [3.63, 3.8) is 0 Å². The van der Waals surface area contributed by atoms with Crippen molar-refractivity contribution in [1.29, 1.82) is 0 Å². The molecule has 206 valence electrons. The van der Waals surface area contributed by atoms with E-state index < -0.39 is 17.3 Å². The summed E-state index contributed by atoms with van der Waals surface area (Å²) in [5, 5.41) is 11.9. The minimum Gasteiger partial charge on any atom is -0.496 e. The average molecular weight is 552 g/mol. The van der Waals surface area contributed by atoms with E-state index in [0.717, 1.165) is 29.5 Å². The Kier molecular flexibility index (Phi) is 6.41. The van der Waals surface area contributed by atoms with Crippen LogP contribution in [0.15, 0.2) is 67.1 Å². The summed E-state index contributed by atoms with van der Waals surface area (Å²) in [4.78, 5) is 34.6. The lowest BCUT2D eigenvalue weighted by molar-refractivity contribution is 0.0924. The Labute approximate surface area is 234 Å². The molecule has 3 aromatic heterocycles. The number of aryl methyl sites for hydroxylation is 1. The lowest BCUT2D eigenvalue weighted by Gasteiger charge is -2.18. The van der Waals surface area contributed by atoms with E-state index in [1.54, 1.807) is 30.7 Å². The molecule has 1 fully saturated rings. The Morgan fingerprint density at radius 3 is 2.51 bits per heavy atom. The largest absolute Gasteiger partial charge is 0.496 e. The molecule has 0 spiro atoms. The van der Waals surface area contributed by atoms with Crippen molar-refractivity contribution in [3.05, 3.63) is 107 Å². The second kappa shape index (κ2) is 10.1. The van der Waals surface area contributed by atoms with E-state index in [2.05, 4.69) is 25.5 Å². The van der Waals surface area contributed by atoms with Crippen molar-refractivity contribution in [2.75, 3.05) is 7.11 Å². The minimum absolute atomic E-state index is 0.190. The van der Waals surface area contributed by atoms with Crippen LogP contribution in [0.1, 0.15) is 56.1 Å². The van der Waals surface area contributed by atoms with Crippen LogP contribution >= 0.6 is 0 Å². The van der Waals surface area contributed by atoms with Gasteiger partial charge < -0.3 is 15.8 Å². The normalized spacial score (nSPS) is 13.6. The number of methoxy groups -OCH3 is 1. The van der Waals surface area contributed by atoms with Crippen LogP contribution < -0.4 is 15.8 Å². The van der Waals surface area contributed by atoms with Gasteiger partial charge in [-0.3, -0.25) is 9.59 Å². The van der Waals surface area contributed by atoms with Crippen molar-refractivity contribution < 1.29 is 18.7 Å². The van der Waals surface area contributed by atoms with Gasteiger partial charge in [0.25, 0.3) is 11.8 Å². The van der Waals surface area contributed by atoms with Crippen molar-refractivity contribution in [1.82, 2.24) is 30.1 Å². The molecule has 0 aliphatic heterocycles. The highest BCUT2D eigenvalue weighted by atomic mass is 19.1. The quantitative estimate of drug-likeness (QED) is 0.300. The third-order valence-electron chi connectivity index (χ3n) is 7.32. The number of rotatable bonds is 8. The number of benzene rings is 2. The summed E-state index contributed by atoms with van der Waals surface area (Å²) in [6.07, 6.45) is 6.90. The Bertz CT molecular complexity index is 1800. The first-order valence-corrected chi connectivity index (χ1v) is 13.0. The zero-order chi connectivity index (χ0) is 28.7. The zero-order valence-corrected chi connectivity index (χ0v) is 22.4. The molecule has 2 amide bonds. The van der Waals surface area contributed by atoms with Crippen LogP contribution in [0.2, 0.25) is 0 Å². The molecule has 1 saturated carbocycles. The number of fused-ring (bicyclic) bond motifs is 1. The molecule has 6 rings (SSSR count). The molecule has 0 bridgehead atoms. The Balaban J connectivity index is 1.33. The number of amides is 2. The maximum absolute atomic E-state index is 13.5. The highest BCUT2D eigenvalue weighted by Gasteiger charge is 2.48. The molecule has 3 heterocycles. The fourth-order valence-corrected chi connectivity index (χ4v) is 4.97. The van der Waals surface area contributed by atoms with Gasteiger partial charge >= 0.3 is 0 Å². The third kappa shape index (κ3) is 4.86. The van der Waals surface area contributed by atoms with Crippen molar-refractivity contribution in [2.24, 2.45) is 5.73 Å². The lowest BCUT2D eigenvalue weighted by atomic mass is 9.97. The Hall–Kier alpha value is -5.19. The summed E-state index contributed by atoms with van der Waals surface area (Å²) in [7, 11) is 1.53. The van der Waals surface area contributed by atoms with Gasteiger partial charge in [0.15, 0.2) is 5.82 Å². The van der Waals surface area contributed by atoms with E-state index >= 15 is 0 Å². The molecule has 0 radical (unpaired) electrons. The highest BCUT2D eigenvalue weighted by Crippen LogP contribution is 2.44. The summed E-state index contributed by atoms with van der Waals surface area (Å²) in [5.74, 6) is -0.309. The first-order valence-electron chi connectivity index (χ1n) is 13.0. The minimum atomic E-state index is -0.672. The van der Waals surface area contributed by atoms with Crippen LogP contribution in [0.25, 0.3) is 16.8 Å². The molecule has 0 unspecified atom stereocenters. The van der Waals surface area contributed by atoms with Gasteiger partial charge in [0.1, 0.15) is 28.3 Å². The van der Waals surface area contributed by atoms with Gasteiger partial charge in [-0.15, -0.1) is 5.10 Å². The predicted molar refractivity (Wildman–Crippen MR) is 148 cm³/mol. The second-order valence-corrected chi connectivity index (χ2v) is 10.1. The highest BCUT2D eigenvalue weighted by molar-refractivity contribution is 6.05. The number of hydrogen-bond acceptors (Lipinski definition) is 7. The van der Waals surface area contributed by atoms with E-state index in [-0.39, 0.29) is 11.5 Å². The molecule has 2 aromatic carbocycles. The van der Waals surface area contributed by atoms with Crippen molar-refractivity contribution in [3.8, 4) is 17.0 Å². The molecule has 0 atom stereocenters. The molecule has 1 aliphatic rings. The predicted octanol–water partition coefficient (Wildman–Crippen LogP) is 3.75. The number of hydrogen-bond donors (Lipinski definition) is 2. The Morgan fingerprint density at radius 2 is 1.85 bits per heavy atom. The van der Waals surface area contributed by atoms with Gasteiger partial charge in [0.05, 0.1) is 24.4 Å². The monoisotopic (exact) mass is 551 g/mol. The van der Waals surface area contributed by atoms with E-state index in [4.69, 9.17) is 10.5 Å². The van der Waals surface area contributed by atoms with Crippen molar-refractivity contribution in [2.45, 2.75) is 31.7 Å². The number of ether oxygens (including phenoxy) is 1. The number of carbonyl (C=O) groups excluding carboxylic acids is 2. The number of primary amides is 1. The van der Waals surface area contributed by atoms with Gasteiger partial charge in [-0.05, 0) is 91.4 Å². The smallest absolute Gasteiger partial charge is 0.255 e. The van der Waals surface area contributed by atoms with Crippen LogP contribution in [0.5, 0.6) is 5.75 Å². The van der Waals surface area contributed by atoms with E-state index in [9.17, 15) is 14.0 Å². The topological polar surface area (TPSA) is 137 Å². The SMILES string of the molecule is COc1cc(C)c(Cc2cnn3nc(-c4ccc(F)cc4)c(C(N)=O)c3c2)cc1C(=O)NC1(c2ncccn2)CC1. The molecule has 1 aliphatic carbocycles. The van der Waals surface area contributed by atoms with Crippen LogP contribution in [0.4, 0.5) is 4.39 Å². The van der Waals surface area contributed by atoms with E-state index in [1.807, 2.05) is 19.1 Å². The van der Waals surface area contributed by atoms with Gasteiger partial charge in [0.2, 0.25) is 0 Å². The maximum atomic E-state index is 13.5. The fourth-order valence-electron chi connectivity index (χ4n) is 4.97. The van der Waals surface area contributed by atoms with Crippen LogP contribution in [-0.2, 0) is 12.0 Å². The standard InChI is InChI=1S/C30H26FN7O3/c1-17-12-24(41-2)22(28(40)36-30(8-9-30)29-33-10-3-11-34-29)15-20(17)13-18-14-23-25(27(32)39)26(37-38(23)35-16-18)19-4-6-21(31)7-5-19/h3-7,10-12,14-16H,8-9,13H2,1-2H3,(H2,32,39)(H,36,40). The number of carbonyl (C=O) groups is 2. The maximum Gasteiger partial charge on any atom is 0.255 e. The number of nitrogens with zero attached hydrogens (tertiary/aromatic N) is 5. The molecule has 10 nitrogen and oxygen atoms in total. The lowest BCUT2D eigenvalue weighted by Crippen LogP contribution is -2.36. The van der Waals surface area contributed by atoms with Gasteiger partial charge in [-0.1, -0.05) is 0 Å². The average Bonchev–Trinajstić information content (AvgIpc) is 3.65. The summed E-state index contributed by atoms with van der Waals surface area (Å²) < 4.78 is 20.4. The summed E-state index contributed by atoms with van der Waals surface area (Å²) >= 11 is 0. The molecule has 41 heavy (non-hydrogen) atoms. The van der Waals surface area contributed by atoms with Crippen LogP contribution in [0.3, 0.4) is 0 Å². The molecule has 3 N–H and O–H groups in total. The molecular formula is C30H26FN7O3. The van der Waals surface area contributed by atoms with Crippen molar-refractivity contribution >= 4 is 17.3 Å². The molecule has 0 saturated heterocycles. The molecule has 11 heteroatoms. The van der Waals surface area contributed by atoms with Crippen LogP contribution in [-0.4, -0.2) is 43.7 Å². The van der Waals surface area contributed by atoms with Gasteiger partial charge in [0, 0.05) is 18.0 Å². The Morgan fingerprint density at radius 1 is 1.12 bits per heavy atom. The number of aromatic nitrogens is 5. The number of nitrogens with one attached hydrogen (secondary N) is 1. The number of halogens is 1. The van der Waals surface area contributed by atoms with Gasteiger partial charge in [-0.2, -0.15) is 9.73 Å². The zero-order valence-electron chi connectivity index (χ0n) is 22.4. The first kappa shape index (κ1) is 26.1. The molecular weight excluding hydrogens is 525 g/mol. The second-order valence-electron chi connectivity index (χ2n) is 10.1. The molecule has 5 aromatic rings. The fraction of sp³-hybridized carbons (Fsp3) is 0.200. The summed E-state index contributed by atoms with van der Waals surface area (Å²) in [5.41, 5.74) is 9.60. The number of nitrogens with two attached hydrogens (primary N) is 1. The van der Waals surface area contributed by atoms with Gasteiger partial charge in [-0.25, -0.2) is 14.4 Å². The summed E-state index contributed by atoms with van der Waals surface area (Å²) in [6.45, 7) is 1.94.